The van der Waals surface area contributed by atoms with E-state index in [9.17, 15) is 19.5 Å². The Morgan fingerprint density at radius 1 is 1.34 bits per heavy atom. The number of tetrazole rings is 1. The number of carboxylic acid groups (broad SMARTS) is 1. The van der Waals surface area contributed by atoms with Gasteiger partial charge in [0.2, 0.25) is 11.1 Å². The van der Waals surface area contributed by atoms with Crippen LogP contribution in [0.2, 0.25) is 0 Å². The van der Waals surface area contributed by atoms with Crippen LogP contribution in [-0.4, -0.2) is 82.1 Å². The molecule has 0 saturated carbocycles. The van der Waals surface area contributed by atoms with E-state index in [0.717, 1.165) is 5.56 Å². The van der Waals surface area contributed by atoms with Gasteiger partial charge in [-0.05, 0) is 28.5 Å². The molecule has 186 valence electrons. The Bertz CT molecular complexity index is 1130. The molecule has 2 amide bonds. The highest BCUT2D eigenvalue weighted by molar-refractivity contribution is 8.01. The fourth-order valence-corrected chi connectivity index (χ4v) is 6.46. The van der Waals surface area contributed by atoms with Crippen molar-refractivity contribution in [3.8, 4) is 0 Å². The molecule has 2 unspecified atom stereocenters. The van der Waals surface area contributed by atoms with E-state index in [1.807, 2.05) is 30.3 Å². The summed E-state index contributed by atoms with van der Waals surface area (Å²) in [6, 6.07) is 8.98. The molecule has 1 saturated heterocycles. The van der Waals surface area contributed by atoms with E-state index in [4.69, 9.17) is 4.74 Å². The minimum atomic E-state index is -1.17. The zero-order valence-corrected chi connectivity index (χ0v) is 21.4. The van der Waals surface area contributed by atoms with E-state index >= 15 is 0 Å². The van der Waals surface area contributed by atoms with Crippen LogP contribution in [0.25, 0.3) is 0 Å². The largest absolute Gasteiger partial charge is 0.477 e. The Kier molecular flexibility index (Phi) is 8.36. The number of nitrogens with one attached hydrogen (secondary N) is 1. The van der Waals surface area contributed by atoms with Gasteiger partial charge in [-0.3, -0.25) is 14.5 Å². The number of aliphatic carboxylic acids is 1. The van der Waals surface area contributed by atoms with Gasteiger partial charge in [-0.25, -0.2) is 9.48 Å². The van der Waals surface area contributed by atoms with Gasteiger partial charge in [-0.15, -0.1) is 28.6 Å². The predicted molar refractivity (Wildman–Crippen MR) is 132 cm³/mol. The molecular formula is C21H24N6O5S3. The highest BCUT2D eigenvalue weighted by Crippen LogP contribution is 2.41. The van der Waals surface area contributed by atoms with Gasteiger partial charge in [0.25, 0.3) is 5.91 Å². The summed E-state index contributed by atoms with van der Waals surface area (Å²) < 4.78 is 7.12. The van der Waals surface area contributed by atoms with Crippen LogP contribution in [0, 0.1) is 0 Å². The van der Waals surface area contributed by atoms with Gasteiger partial charge in [-0.2, -0.15) is 0 Å². The number of nitrogens with zero attached hydrogens (tertiary/aromatic N) is 5. The van der Waals surface area contributed by atoms with Crippen LogP contribution in [-0.2, 0) is 32.8 Å². The molecule has 2 aromatic rings. The first-order valence-corrected chi connectivity index (χ1v) is 13.7. The fourth-order valence-electron chi connectivity index (χ4n) is 3.52. The average Bonchev–Trinajstić information content (AvgIpc) is 3.27. The number of fused-ring (bicyclic) bond motifs is 1. The standard InChI is InChI=1S/C21H24N6O5S3/c1-12(35-11-32-8-13-6-4-3-5-7-13)17(28)22-15-18(29)27-16(20(30)31)14(9-33-19(15)27)10-34-21-23-24-25-26(21)2/h3-7,12,15,19H,8-11H2,1-2H3,(H,22,28)(H,30,31)/t12?,15-,19?/m0/s1. The summed E-state index contributed by atoms with van der Waals surface area (Å²) in [4.78, 5) is 38.8. The number of benzene rings is 1. The van der Waals surface area contributed by atoms with Crippen LogP contribution in [0.5, 0.6) is 0 Å². The van der Waals surface area contributed by atoms with Gasteiger partial charge >= 0.3 is 5.97 Å². The molecule has 35 heavy (non-hydrogen) atoms. The molecule has 14 heteroatoms. The summed E-state index contributed by atoms with van der Waals surface area (Å²) in [5.74, 6) is -0.770. The second-order valence-electron chi connectivity index (χ2n) is 7.79. The van der Waals surface area contributed by atoms with Crippen LogP contribution >= 0.6 is 35.3 Å². The Morgan fingerprint density at radius 3 is 2.80 bits per heavy atom. The predicted octanol–water partition coefficient (Wildman–Crippen LogP) is 1.34. The molecule has 4 rings (SSSR count). The lowest BCUT2D eigenvalue weighted by atomic mass is 10.0. The Morgan fingerprint density at radius 2 is 2.11 bits per heavy atom. The minimum Gasteiger partial charge on any atom is -0.477 e. The van der Waals surface area contributed by atoms with Crippen LogP contribution in [0.1, 0.15) is 12.5 Å². The van der Waals surface area contributed by atoms with Gasteiger partial charge in [0.05, 0.1) is 17.8 Å². The first kappa shape index (κ1) is 25.5. The van der Waals surface area contributed by atoms with Gasteiger partial charge in [-0.1, -0.05) is 42.1 Å². The highest BCUT2D eigenvalue weighted by Gasteiger charge is 2.54. The lowest BCUT2D eigenvalue weighted by Gasteiger charge is -2.49. The third-order valence-corrected chi connectivity index (χ3v) is 8.84. The van der Waals surface area contributed by atoms with E-state index in [1.54, 1.807) is 14.0 Å². The van der Waals surface area contributed by atoms with Gasteiger partial charge in [0.15, 0.2) is 0 Å². The lowest BCUT2D eigenvalue weighted by Crippen LogP contribution is -2.71. The molecule has 0 radical (unpaired) electrons. The Balaban J connectivity index is 1.29. The maximum atomic E-state index is 12.8. The van der Waals surface area contributed by atoms with Gasteiger partial charge in [0.1, 0.15) is 17.1 Å². The molecule has 1 aromatic carbocycles. The maximum absolute atomic E-state index is 12.8. The van der Waals surface area contributed by atoms with E-state index in [2.05, 4.69) is 20.8 Å². The van der Waals surface area contributed by atoms with E-state index in [-0.39, 0.29) is 11.6 Å². The number of carbonyl (C=O) groups is 3. The van der Waals surface area contributed by atoms with Crippen molar-refractivity contribution >= 4 is 53.1 Å². The van der Waals surface area contributed by atoms with Crippen molar-refractivity contribution in [2.45, 2.75) is 35.4 Å². The zero-order valence-electron chi connectivity index (χ0n) is 19.0. The second-order valence-corrected chi connectivity index (χ2v) is 11.1. The first-order chi connectivity index (χ1) is 16.9. The van der Waals surface area contributed by atoms with Crippen LogP contribution in [0.3, 0.4) is 0 Å². The van der Waals surface area contributed by atoms with Crippen molar-refractivity contribution < 1.29 is 24.2 Å². The number of rotatable bonds is 11. The number of aryl methyl sites for hydroxylation is 1. The number of hydrogen-bond acceptors (Lipinski definition) is 10. The van der Waals surface area contributed by atoms with Crippen LogP contribution < -0.4 is 5.32 Å². The number of carboxylic acids is 1. The number of β-lactam (4-membered cyclic amide) rings is 1. The Hall–Kier alpha value is -2.55. The number of hydrogen-bond donors (Lipinski definition) is 2. The van der Waals surface area contributed by atoms with Gasteiger partial charge < -0.3 is 15.2 Å². The van der Waals surface area contributed by atoms with Crippen molar-refractivity contribution in [2.24, 2.45) is 7.05 Å². The average molecular weight is 537 g/mol. The van der Waals surface area contributed by atoms with E-state index in [0.29, 0.717) is 34.8 Å². The summed E-state index contributed by atoms with van der Waals surface area (Å²) in [7, 11) is 1.70. The van der Waals surface area contributed by atoms with Crippen molar-refractivity contribution in [3.63, 3.8) is 0 Å². The number of thioether (sulfide) groups is 3. The molecule has 0 spiro atoms. The molecule has 2 aliphatic rings. The molecule has 3 atom stereocenters. The third-order valence-electron chi connectivity index (χ3n) is 5.39. The molecule has 11 nitrogen and oxygen atoms in total. The maximum Gasteiger partial charge on any atom is 0.352 e. The monoisotopic (exact) mass is 536 g/mol. The molecular weight excluding hydrogens is 512 g/mol. The van der Waals surface area contributed by atoms with E-state index in [1.165, 1.54) is 44.9 Å². The molecule has 3 heterocycles. The lowest BCUT2D eigenvalue weighted by molar-refractivity contribution is -0.150. The molecule has 2 N–H and O–H groups in total. The SMILES string of the molecule is CC(SCOCc1ccccc1)C(=O)N[C@H]1C(=O)N2C(C(=O)O)=C(CSc3nnnn3C)CSC12. The summed E-state index contributed by atoms with van der Waals surface area (Å²) in [5, 5.41) is 23.5. The number of ether oxygens (including phenoxy) is 1. The summed E-state index contributed by atoms with van der Waals surface area (Å²) in [6.45, 7) is 2.20. The molecule has 1 fully saturated rings. The zero-order chi connectivity index (χ0) is 24.9. The van der Waals surface area contributed by atoms with Gasteiger partial charge in [0, 0.05) is 18.6 Å². The molecule has 0 aliphatic carbocycles. The normalized spacial score (nSPS) is 20.3. The van der Waals surface area contributed by atoms with Crippen molar-refractivity contribution in [2.75, 3.05) is 17.4 Å². The summed E-state index contributed by atoms with van der Waals surface area (Å²) in [6.07, 6.45) is 0. The topological polar surface area (TPSA) is 140 Å². The fraction of sp³-hybridized carbons (Fsp3) is 0.429. The van der Waals surface area contributed by atoms with Crippen molar-refractivity contribution in [3.05, 3.63) is 47.2 Å². The molecule has 1 aromatic heterocycles. The smallest absolute Gasteiger partial charge is 0.352 e. The number of aromatic nitrogens is 4. The summed E-state index contributed by atoms with van der Waals surface area (Å²) >= 11 is 4.07. The number of amides is 2. The summed E-state index contributed by atoms with van der Waals surface area (Å²) in [5.41, 5.74) is 1.64. The van der Waals surface area contributed by atoms with Crippen LogP contribution in [0.15, 0.2) is 46.8 Å². The molecule has 0 bridgehead atoms. The van der Waals surface area contributed by atoms with E-state index < -0.39 is 28.5 Å². The first-order valence-electron chi connectivity index (χ1n) is 10.7. The van der Waals surface area contributed by atoms with Crippen molar-refractivity contribution in [1.82, 2.24) is 30.4 Å². The third kappa shape index (κ3) is 5.82. The van der Waals surface area contributed by atoms with Crippen LogP contribution in [0.4, 0.5) is 0 Å². The van der Waals surface area contributed by atoms with Crippen molar-refractivity contribution in [1.29, 1.82) is 0 Å². The number of carbonyl (C=O) groups excluding carboxylic acids is 2. The molecule has 2 aliphatic heterocycles. The quantitative estimate of drug-likeness (QED) is 0.186. The second kappa shape index (κ2) is 11.5. The Labute approximate surface area is 214 Å². The minimum absolute atomic E-state index is 0.0244. The highest BCUT2D eigenvalue weighted by atomic mass is 32.2.